The van der Waals surface area contributed by atoms with E-state index in [1.54, 1.807) is 0 Å². The molecule has 1 saturated heterocycles. The third kappa shape index (κ3) is 2.04. The van der Waals surface area contributed by atoms with Crippen LogP contribution in [0.25, 0.3) is 10.9 Å². The number of esters is 1. The van der Waals surface area contributed by atoms with Gasteiger partial charge in [-0.2, -0.15) is 0 Å². The third-order valence-electron chi connectivity index (χ3n) is 5.98. The SMILES string of the molecule is CC[C@H]1CN(C)[C@@H]2C[C@H]1[C@@H](C(=O)OC)c1c2[nH]c2ccccc12. The molecule has 2 aliphatic rings. The fraction of sp³-hybridized carbons (Fsp3) is 0.526. The molecule has 4 rings (SSSR count). The number of nitrogens with one attached hydrogen (secondary N) is 1. The van der Waals surface area contributed by atoms with Crippen molar-refractivity contribution in [1.82, 2.24) is 9.88 Å². The number of nitrogens with zero attached hydrogens (tertiary/aromatic N) is 1. The van der Waals surface area contributed by atoms with E-state index < -0.39 is 0 Å². The summed E-state index contributed by atoms with van der Waals surface area (Å²) >= 11 is 0. The summed E-state index contributed by atoms with van der Waals surface area (Å²) in [7, 11) is 3.72. The highest BCUT2D eigenvalue weighted by Crippen LogP contribution is 2.53. The highest BCUT2D eigenvalue weighted by molar-refractivity contribution is 5.92. The topological polar surface area (TPSA) is 45.3 Å². The van der Waals surface area contributed by atoms with E-state index in [0.29, 0.717) is 17.9 Å². The van der Waals surface area contributed by atoms with E-state index in [9.17, 15) is 4.79 Å². The van der Waals surface area contributed by atoms with E-state index in [1.807, 2.05) is 6.07 Å². The van der Waals surface area contributed by atoms with Crippen LogP contribution in [0.4, 0.5) is 0 Å². The number of methoxy groups -OCH3 is 1. The lowest BCUT2D eigenvalue weighted by Crippen LogP contribution is -2.47. The van der Waals surface area contributed by atoms with E-state index in [1.165, 1.54) is 23.8 Å². The maximum atomic E-state index is 12.7. The van der Waals surface area contributed by atoms with Gasteiger partial charge in [0.05, 0.1) is 19.1 Å². The van der Waals surface area contributed by atoms with Crippen LogP contribution in [0.3, 0.4) is 0 Å². The van der Waals surface area contributed by atoms with Crippen molar-refractivity contribution in [2.75, 3.05) is 20.7 Å². The molecule has 23 heavy (non-hydrogen) atoms. The van der Waals surface area contributed by atoms with Crippen LogP contribution in [0.15, 0.2) is 24.3 Å². The van der Waals surface area contributed by atoms with Gasteiger partial charge in [-0.1, -0.05) is 31.5 Å². The molecule has 4 heteroatoms. The number of fused-ring (bicyclic) bond motifs is 6. The molecule has 1 fully saturated rings. The molecule has 1 aliphatic heterocycles. The Labute approximate surface area is 136 Å². The van der Waals surface area contributed by atoms with E-state index in [2.05, 4.69) is 42.1 Å². The zero-order valence-electron chi connectivity index (χ0n) is 14.0. The number of rotatable bonds is 2. The minimum Gasteiger partial charge on any atom is -0.469 e. The van der Waals surface area contributed by atoms with Crippen LogP contribution in [-0.2, 0) is 9.53 Å². The number of likely N-dealkylation sites (tertiary alicyclic amines) is 1. The average molecular weight is 312 g/mol. The standard InChI is InChI=1S/C19H24N2O2/c1-4-11-10-21(2)15-9-13(11)17(19(22)23-3)16-12-7-5-6-8-14(12)20-18(15)16/h5-8,11,13,15,17,20H,4,9-10H2,1-3H3/t11-,13+,15+,17+/m0/s1. The highest BCUT2D eigenvalue weighted by atomic mass is 16.5. The van der Waals surface area contributed by atoms with Crippen molar-refractivity contribution >= 4 is 16.9 Å². The Morgan fingerprint density at radius 3 is 2.91 bits per heavy atom. The van der Waals surface area contributed by atoms with Crippen LogP contribution in [0.5, 0.6) is 0 Å². The summed E-state index contributed by atoms with van der Waals surface area (Å²) in [5.74, 6) is 0.700. The molecule has 1 aromatic carbocycles. The van der Waals surface area contributed by atoms with E-state index >= 15 is 0 Å². The molecule has 122 valence electrons. The lowest BCUT2D eigenvalue weighted by Gasteiger charge is -2.48. The zero-order valence-corrected chi connectivity index (χ0v) is 14.0. The summed E-state index contributed by atoms with van der Waals surface area (Å²) in [5.41, 5.74) is 3.52. The number of aromatic nitrogens is 1. The number of para-hydroxylation sites is 1. The molecule has 0 unspecified atom stereocenters. The number of carbonyl (C=O) groups excluding carboxylic acids is 1. The predicted molar refractivity (Wildman–Crippen MR) is 90.3 cm³/mol. The Morgan fingerprint density at radius 1 is 1.39 bits per heavy atom. The summed E-state index contributed by atoms with van der Waals surface area (Å²) in [5, 5.41) is 1.18. The van der Waals surface area contributed by atoms with Gasteiger partial charge in [0, 0.05) is 23.1 Å². The van der Waals surface area contributed by atoms with Crippen molar-refractivity contribution in [2.24, 2.45) is 11.8 Å². The Kier molecular flexibility index (Phi) is 3.45. The lowest BCUT2D eigenvalue weighted by atomic mass is 9.65. The summed E-state index contributed by atoms with van der Waals surface area (Å²) < 4.78 is 5.21. The molecule has 0 spiro atoms. The van der Waals surface area contributed by atoms with Gasteiger partial charge in [0.2, 0.25) is 0 Å². The lowest BCUT2D eigenvalue weighted by molar-refractivity contribution is -0.146. The summed E-state index contributed by atoms with van der Waals surface area (Å²) in [4.78, 5) is 18.7. The maximum Gasteiger partial charge on any atom is 0.313 e. The second kappa shape index (κ2) is 5.38. The summed E-state index contributed by atoms with van der Waals surface area (Å²) in [6, 6.07) is 8.70. The molecule has 1 N–H and O–H groups in total. The number of carbonyl (C=O) groups is 1. The smallest absolute Gasteiger partial charge is 0.313 e. The quantitative estimate of drug-likeness (QED) is 0.864. The van der Waals surface area contributed by atoms with Crippen molar-refractivity contribution in [3.63, 3.8) is 0 Å². The molecule has 0 saturated carbocycles. The van der Waals surface area contributed by atoms with E-state index in [4.69, 9.17) is 4.74 Å². The molecule has 1 aromatic heterocycles. The normalized spacial score (nSPS) is 30.2. The average Bonchev–Trinajstić information content (AvgIpc) is 2.96. The minimum atomic E-state index is -0.138. The van der Waals surface area contributed by atoms with Gasteiger partial charge in [-0.15, -0.1) is 0 Å². The first-order chi connectivity index (χ1) is 11.2. The Balaban J connectivity index is 1.96. The van der Waals surface area contributed by atoms with Gasteiger partial charge in [0.1, 0.15) is 0 Å². The van der Waals surface area contributed by atoms with Gasteiger partial charge in [-0.3, -0.25) is 9.69 Å². The van der Waals surface area contributed by atoms with E-state index in [0.717, 1.165) is 24.9 Å². The van der Waals surface area contributed by atoms with Crippen LogP contribution in [0.1, 0.15) is 43.0 Å². The molecular weight excluding hydrogens is 288 g/mol. The van der Waals surface area contributed by atoms with Gasteiger partial charge in [0.25, 0.3) is 0 Å². The van der Waals surface area contributed by atoms with Crippen molar-refractivity contribution in [3.8, 4) is 0 Å². The molecule has 2 aromatic rings. The summed E-state index contributed by atoms with van der Waals surface area (Å²) in [6.07, 6.45) is 2.14. The summed E-state index contributed by atoms with van der Waals surface area (Å²) in [6.45, 7) is 3.28. The Bertz CT molecular complexity index is 751. The molecule has 2 bridgehead atoms. The molecule has 0 radical (unpaired) electrons. The maximum absolute atomic E-state index is 12.7. The fourth-order valence-corrected chi connectivity index (χ4v) is 4.86. The van der Waals surface area contributed by atoms with Crippen LogP contribution >= 0.6 is 0 Å². The minimum absolute atomic E-state index is 0.0811. The molecule has 4 nitrogen and oxygen atoms in total. The number of piperidine rings is 1. The molecule has 1 aliphatic carbocycles. The van der Waals surface area contributed by atoms with E-state index in [-0.39, 0.29) is 11.9 Å². The van der Waals surface area contributed by atoms with Gasteiger partial charge in [-0.05, 0) is 36.9 Å². The number of H-pyrrole nitrogens is 1. The van der Waals surface area contributed by atoms with Crippen LogP contribution < -0.4 is 0 Å². The highest BCUT2D eigenvalue weighted by Gasteiger charge is 2.48. The second-order valence-corrected chi connectivity index (χ2v) is 7.02. The van der Waals surface area contributed by atoms with Gasteiger partial charge >= 0.3 is 5.97 Å². The zero-order chi connectivity index (χ0) is 16.1. The number of hydrogen-bond donors (Lipinski definition) is 1. The molecule has 4 atom stereocenters. The Hall–Kier alpha value is -1.81. The van der Waals surface area contributed by atoms with Gasteiger partial charge in [-0.25, -0.2) is 0 Å². The van der Waals surface area contributed by atoms with Crippen molar-refractivity contribution in [1.29, 1.82) is 0 Å². The number of hydrogen-bond acceptors (Lipinski definition) is 3. The first kappa shape index (κ1) is 14.8. The second-order valence-electron chi connectivity index (χ2n) is 7.02. The largest absolute Gasteiger partial charge is 0.469 e. The monoisotopic (exact) mass is 312 g/mol. The molecule has 0 amide bonds. The molecule has 2 heterocycles. The van der Waals surface area contributed by atoms with Gasteiger partial charge in [0.15, 0.2) is 0 Å². The fourth-order valence-electron chi connectivity index (χ4n) is 4.86. The first-order valence-corrected chi connectivity index (χ1v) is 8.54. The first-order valence-electron chi connectivity index (χ1n) is 8.54. The van der Waals surface area contributed by atoms with Crippen molar-refractivity contribution in [3.05, 3.63) is 35.5 Å². The number of benzene rings is 1. The number of ether oxygens (including phenoxy) is 1. The van der Waals surface area contributed by atoms with Crippen molar-refractivity contribution in [2.45, 2.75) is 31.7 Å². The molecular formula is C19H24N2O2. The van der Waals surface area contributed by atoms with Crippen LogP contribution in [-0.4, -0.2) is 36.6 Å². The third-order valence-corrected chi connectivity index (χ3v) is 5.98. The predicted octanol–water partition coefficient (Wildman–Crippen LogP) is 3.46. The van der Waals surface area contributed by atoms with Crippen molar-refractivity contribution < 1.29 is 9.53 Å². The van der Waals surface area contributed by atoms with Crippen LogP contribution in [0, 0.1) is 11.8 Å². The Morgan fingerprint density at radius 2 is 2.17 bits per heavy atom. The van der Waals surface area contributed by atoms with Gasteiger partial charge < -0.3 is 9.72 Å². The van der Waals surface area contributed by atoms with Crippen LogP contribution in [0.2, 0.25) is 0 Å². The number of aromatic amines is 1.